The zero-order valence-electron chi connectivity index (χ0n) is 10.2. The molecule has 0 fully saturated rings. The van der Waals surface area contributed by atoms with Crippen LogP contribution in [0.4, 0.5) is 5.69 Å². The van der Waals surface area contributed by atoms with E-state index < -0.39 is 4.92 Å². The summed E-state index contributed by atoms with van der Waals surface area (Å²) in [5, 5.41) is 12.4. The molecule has 3 rings (SSSR count). The Hall–Kier alpha value is -2.54. The van der Waals surface area contributed by atoms with Gasteiger partial charge < -0.3 is 0 Å². The summed E-state index contributed by atoms with van der Waals surface area (Å²) in [6, 6.07) is 7.94. The summed E-state index contributed by atoms with van der Waals surface area (Å²) in [6.07, 6.45) is 1.50. The number of aromatic nitrogens is 2. The lowest BCUT2D eigenvalue weighted by molar-refractivity contribution is -0.384. The summed E-state index contributed by atoms with van der Waals surface area (Å²) < 4.78 is 2.12. The Kier molecular flexibility index (Phi) is 3.03. The molecule has 20 heavy (non-hydrogen) atoms. The first-order valence-corrected chi connectivity index (χ1v) is 6.69. The number of rotatable bonds is 3. The highest BCUT2D eigenvalue weighted by Crippen LogP contribution is 2.15. The third kappa shape index (κ3) is 2.19. The third-order valence-corrected chi connectivity index (χ3v) is 3.83. The van der Waals surface area contributed by atoms with E-state index in [2.05, 4.69) is 4.98 Å². The molecule has 0 N–H and O–H groups in total. The van der Waals surface area contributed by atoms with Gasteiger partial charge >= 0.3 is 0 Å². The predicted molar refractivity (Wildman–Crippen MR) is 76.1 cm³/mol. The summed E-state index contributed by atoms with van der Waals surface area (Å²) in [4.78, 5) is 26.5. The van der Waals surface area contributed by atoms with Crippen LogP contribution in [-0.4, -0.2) is 14.5 Å². The van der Waals surface area contributed by atoms with Gasteiger partial charge in [-0.05, 0) is 17.0 Å². The fourth-order valence-electron chi connectivity index (χ4n) is 1.91. The van der Waals surface area contributed by atoms with Crippen molar-refractivity contribution in [3.05, 3.63) is 68.1 Å². The van der Waals surface area contributed by atoms with Gasteiger partial charge in [0.15, 0.2) is 0 Å². The minimum Gasteiger partial charge on any atom is -0.294 e. The van der Waals surface area contributed by atoms with Gasteiger partial charge in [-0.25, -0.2) is 4.98 Å². The second-order valence-electron chi connectivity index (χ2n) is 4.24. The summed E-state index contributed by atoms with van der Waals surface area (Å²) in [5.41, 5.74) is 1.45. The first-order valence-electron chi connectivity index (χ1n) is 5.81. The van der Waals surface area contributed by atoms with Crippen LogP contribution < -0.4 is 5.56 Å². The molecule has 0 aliphatic rings. The molecule has 1 aromatic carbocycles. The molecule has 0 aliphatic carbocycles. The maximum atomic E-state index is 12.2. The smallest absolute Gasteiger partial charge is 0.271 e. The van der Waals surface area contributed by atoms with Crippen LogP contribution in [0.2, 0.25) is 0 Å². The second kappa shape index (κ2) is 4.86. The molecular weight excluding hydrogens is 278 g/mol. The van der Waals surface area contributed by atoms with E-state index in [4.69, 9.17) is 0 Å². The molecule has 100 valence electrons. The molecule has 6 nitrogen and oxygen atoms in total. The minimum atomic E-state index is -0.449. The summed E-state index contributed by atoms with van der Waals surface area (Å²) >= 11 is 1.36. The Morgan fingerprint density at radius 2 is 2.00 bits per heavy atom. The molecule has 7 heteroatoms. The average molecular weight is 287 g/mol. The molecule has 2 heterocycles. The zero-order chi connectivity index (χ0) is 14.1. The molecule has 0 saturated carbocycles. The largest absolute Gasteiger partial charge is 0.294 e. The first-order chi connectivity index (χ1) is 9.65. The zero-order valence-corrected chi connectivity index (χ0v) is 11.0. The predicted octanol–water partition coefficient (Wildman–Crippen LogP) is 2.41. The lowest BCUT2D eigenvalue weighted by Gasteiger charge is -2.05. The van der Waals surface area contributed by atoms with Crippen LogP contribution in [0.5, 0.6) is 0 Å². The highest BCUT2D eigenvalue weighted by molar-refractivity contribution is 7.17. The number of benzene rings is 1. The second-order valence-corrected chi connectivity index (χ2v) is 5.15. The van der Waals surface area contributed by atoms with Gasteiger partial charge in [0.1, 0.15) is 4.70 Å². The maximum Gasteiger partial charge on any atom is 0.271 e. The van der Waals surface area contributed by atoms with Crippen LogP contribution in [-0.2, 0) is 6.54 Å². The number of nitro benzene ring substituents is 1. The van der Waals surface area contributed by atoms with Crippen molar-refractivity contribution in [1.82, 2.24) is 9.55 Å². The van der Waals surface area contributed by atoms with Gasteiger partial charge in [-0.15, -0.1) is 11.3 Å². The molecule has 2 aromatic heterocycles. The van der Waals surface area contributed by atoms with E-state index >= 15 is 0 Å². The van der Waals surface area contributed by atoms with E-state index in [0.717, 1.165) is 5.56 Å². The van der Waals surface area contributed by atoms with Crippen molar-refractivity contribution in [3.63, 3.8) is 0 Å². The van der Waals surface area contributed by atoms with Crippen molar-refractivity contribution in [2.75, 3.05) is 0 Å². The Labute approximate surface area is 117 Å². The van der Waals surface area contributed by atoms with Crippen LogP contribution in [0.25, 0.3) is 10.2 Å². The molecule has 0 aliphatic heterocycles. The van der Waals surface area contributed by atoms with Gasteiger partial charge in [-0.1, -0.05) is 12.1 Å². The van der Waals surface area contributed by atoms with Crippen LogP contribution in [0.15, 0.2) is 46.8 Å². The highest BCUT2D eigenvalue weighted by atomic mass is 32.1. The fraction of sp³-hybridized carbons (Fsp3) is 0.0769. The molecule has 0 saturated heterocycles. The fourth-order valence-corrected chi connectivity index (χ4v) is 2.70. The highest BCUT2D eigenvalue weighted by Gasteiger charge is 2.07. The monoisotopic (exact) mass is 287 g/mol. The Morgan fingerprint density at radius 3 is 2.70 bits per heavy atom. The van der Waals surface area contributed by atoms with Crippen molar-refractivity contribution in [2.24, 2.45) is 0 Å². The molecular formula is C13H9N3O3S. The molecule has 0 amide bonds. The molecule has 3 aromatic rings. The number of nitrogens with zero attached hydrogens (tertiary/aromatic N) is 3. The van der Waals surface area contributed by atoms with Gasteiger partial charge in [0.2, 0.25) is 0 Å². The van der Waals surface area contributed by atoms with Crippen molar-refractivity contribution < 1.29 is 4.92 Å². The van der Waals surface area contributed by atoms with Gasteiger partial charge in [0.05, 0.1) is 23.3 Å². The molecule has 0 bridgehead atoms. The van der Waals surface area contributed by atoms with Crippen molar-refractivity contribution >= 4 is 27.2 Å². The van der Waals surface area contributed by atoms with E-state index in [1.54, 1.807) is 18.2 Å². The molecule has 0 unspecified atom stereocenters. The molecule has 0 spiro atoms. The van der Waals surface area contributed by atoms with E-state index in [1.807, 2.05) is 5.38 Å². The standard InChI is InChI=1S/C13H9N3O3S/c17-13-12-11(5-6-20-12)14-8-15(13)7-9-1-3-10(4-2-9)16(18)19/h1-6,8H,7H2. The minimum absolute atomic E-state index is 0.0351. The van der Waals surface area contributed by atoms with E-state index in [-0.39, 0.29) is 11.2 Å². The van der Waals surface area contributed by atoms with Crippen LogP contribution in [0.1, 0.15) is 5.56 Å². The topological polar surface area (TPSA) is 78.0 Å². The van der Waals surface area contributed by atoms with Gasteiger partial charge in [0, 0.05) is 12.1 Å². The van der Waals surface area contributed by atoms with Gasteiger partial charge in [-0.2, -0.15) is 0 Å². The maximum absolute atomic E-state index is 12.2. The molecule has 0 atom stereocenters. The summed E-state index contributed by atoms with van der Waals surface area (Å²) in [6.45, 7) is 0.345. The van der Waals surface area contributed by atoms with E-state index in [0.29, 0.717) is 16.8 Å². The lowest BCUT2D eigenvalue weighted by Crippen LogP contribution is -2.20. The number of fused-ring (bicyclic) bond motifs is 1. The quantitative estimate of drug-likeness (QED) is 0.547. The number of hydrogen-bond acceptors (Lipinski definition) is 5. The first kappa shape index (κ1) is 12.5. The summed E-state index contributed by atoms with van der Waals surface area (Å²) in [7, 11) is 0. The number of thiophene rings is 1. The SMILES string of the molecule is O=c1c2sccc2ncn1Cc1ccc([N+](=O)[O-])cc1. The lowest BCUT2D eigenvalue weighted by atomic mass is 10.2. The average Bonchev–Trinajstić information content (AvgIpc) is 2.92. The Bertz CT molecular complexity index is 836. The molecule has 0 radical (unpaired) electrons. The van der Waals surface area contributed by atoms with Crippen LogP contribution in [0, 0.1) is 10.1 Å². The van der Waals surface area contributed by atoms with E-state index in [1.165, 1.54) is 34.4 Å². The van der Waals surface area contributed by atoms with Crippen LogP contribution in [0.3, 0.4) is 0 Å². The van der Waals surface area contributed by atoms with Crippen molar-refractivity contribution in [2.45, 2.75) is 6.54 Å². The van der Waals surface area contributed by atoms with Gasteiger partial charge in [-0.3, -0.25) is 19.5 Å². The van der Waals surface area contributed by atoms with Crippen LogP contribution >= 0.6 is 11.3 Å². The Balaban J connectivity index is 1.94. The van der Waals surface area contributed by atoms with Crippen molar-refractivity contribution in [1.29, 1.82) is 0 Å². The number of hydrogen-bond donors (Lipinski definition) is 0. The van der Waals surface area contributed by atoms with Gasteiger partial charge in [0.25, 0.3) is 11.2 Å². The number of non-ortho nitro benzene ring substituents is 1. The van der Waals surface area contributed by atoms with E-state index in [9.17, 15) is 14.9 Å². The Morgan fingerprint density at radius 1 is 1.25 bits per heavy atom. The van der Waals surface area contributed by atoms with Crippen molar-refractivity contribution in [3.8, 4) is 0 Å². The normalized spacial score (nSPS) is 10.8. The summed E-state index contributed by atoms with van der Waals surface area (Å²) in [5.74, 6) is 0. The number of nitro groups is 1. The third-order valence-electron chi connectivity index (χ3n) is 2.94.